The second-order valence-corrected chi connectivity index (χ2v) is 10.5. The number of aliphatic hydroxyl groups excluding tert-OH is 4. The first-order valence-electron chi connectivity index (χ1n) is 11.8. The van der Waals surface area contributed by atoms with Crippen LogP contribution in [0, 0.1) is 10.8 Å². The largest absolute Gasteiger partial charge is 0.507 e. The molecule has 202 valence electrons. The molecule has 2 aromatic rings. The van der Waals surface area contributed by atoms with Crippen LogP contribution in [-0.4, -0.2) is 44.2 Å². The van der Waals surface area contributed by atoms with Crippen LogP contribution in [0.5, 0.6) is 0 Å². The molecular formula is C30H42O6Ti. The summed E-state index contributed by atoms with van der Waals surface area (Å²) in [4.78, 5) is 23.2. The zero-order valence-corrected chi connectivity index (χ0v) is 24.7. The molecule has 4 N–H and O–H groups in total. The second kappa shape index (κ2) is 17.1. The summed E-state index contributed by atoms with van der Waals surface area (Å²) in [6.45, 7) is 14.0. The molecule has 0 heterocycles. The minimum Gasteiger partial charge on any atom is -0.507 e. The Balaban J connectivity index is 0. The molecule has 0 amide bonds. The SMILES string of the molecule is CC(C)(C)C(=O)/C=C(/O)c1ccccc1.CC(C)(C)C(=O)/C=C(/O)c1ccccc1.CC(O)C(C)O.[Ti]. The van der Waals surface area contributed by atoms with Gasteiger partial charge in [0.05, 0.1) is 12.2 Å². The molecule has 2 aromatic carbocycles. The van der Waals surface area contributed by atoms with Gasteiger partial charge in [-0.1, -0.05) is 102 Å². The van der Waals surface area contributed by atoms with Gasteiger partial charge < -0.3 is 20.4 Å². The van der Waals surface area contributed by atoms with E-state index >= 15 is 0 Å². The molecule has 0 aliphatic carbocycles. The van der Waals surface area contributed by atoms with E-state index in [0.29, 0.717) is 11.1 Å². The van der Waals surface area contributed by atoms with E-state index in [1.54, 1.807) is 38.1 Å². The van der Waals surface area contributed by atoms with Crippen LogP contribution in [0.15, 0.2) is 72.8 Å². The van der Waals surface area contributed by atoms with Gasteiger partial charge in [0.25, 0.3) is 0 Å². The Labute approximate surface area is 236 Å². The van der Waals surface area contributed by atoms with E-state index in [-0.39, 0.29) is 44.8 Å². The molecule has 0 bridgehead atoms. The van der Waals surface area contributed by atoms with Crippen LogP contribution in [-0.2, 0) is 31.3 Å². The third-order valence-corrected chi connectivity index (χ3v) is 4.85. The molecule has 0 saturated carbocycles. The number of aliphatic hydroxyl groups is 4. The Morgan fingerprint density at radius 2 is 0.865 bits per heavy atom. The van der Waals surface area contributed by atoms with Crippen LogP contribution in [0.2, 0.25) is 0 Å². The van der Waals surface area contributed by atoms with Crippen LogP contribution in [0.1, 0.15) is 66.5 Å². The molecule has 7 heteroatoms. The van der Waals surface area contributed by atoms with Crippen molar-refractivity contribution in [1.29, 1.82) is 0 Å². The quantitative estimate of drug-likeness (QED) is 0.203. The van der Waals surface area contributed by atoms with Crippen LogP contribution in [0.4, 0.5) is 0 Å². The molecule has 0 aliphatic heterocycles. The van der Waals surface area contributed by atoms with Gasteiger partial charge in [-0.25, -0.2) is 0 Å². The van der Waals surface area contributed by atoms with Gasteiger partial charge in [0.1, 0.15) is 11.5 Å². The molecule has 37 heavy (non-hydrogen) atoms. The van der Waals surface area contributed by atoms with Crippen molar-refractivity contribution >= 4 is 23.1 Å². The van der Waals surface area contributed by atoms with E-state index < -0.39 is 23.0 Å². The molecule has 0 aromatic heterocycles. The van der Waals surface area contributed by atoms with Crippen LogP contribution in [0.25, 0.3) is 11.5 Å². The molecule has 0 aliphatic rings. The van der Waals surface area contributed by atoms with Gasteiger partial charge in [-0.2, -0.15) is 0 Å². The Morgan fingerprint density at radius 1 is 0.622 bits per heavy atom. The fourth-order valence-corrected chi connectivity index (χ4v) is 2.07. The molecule has 2 rings (SSSR count). The van der Waals surface area contributed by atoms with Crippen molar-refractivity contribution in [3.8, 4) is 0 Å². The predicted molar refractivity (Wildman–Crippen MR) is 146 cm³/mol. The Kier molecular flexibility index (Phi) is 16.9. The average Bonchev–Trinajstić information content (AvgIpc) is 2.79. The molecule has 2 unspecified atom stereocenters. The standard InChI is InChI=1S/2C13H16O2.C4H10O2.Ti/c2*1-13(2,3)12(15)9-11(14)10-7-5-4-6-8-10;1-3(5)4(2)6;/h2*4-9,14H,1-3H3;3-6H,1-2H3;/b2*11-9+;;. The van der Waals surface area contributed by atoms with Crippen LogP contribution < -0.4 is 0 Å². The number of rotatable bonds is 5. The van der Waals surface area contributed by atoms with Crippen molar-refractivity contribution in [2.24, 2.45) is 10.8 Å². The van der Waals surface area contributed by atoms with Gasteiger partial charge in [0.15, 0.2) is 11.6 Å². The Bertz CT molecular complexity index is 912. The predicted octanol–water partition coefficient (Wildman–Crippen LogP) is 6.15. The first kappa shape index (κ1) is 36.7. The van der Waals surface area contributed by atoms with Crippen LogP contribution >= 0.6 is 0 Å². The summed E-state index contributed by atoms with van der Waals surface area (Å²) >= 11 is 0. The maximum atomic E-state index is 11.6. The van der Waals surface area contributed by atoms with Gasteiger partial charge in [-0.15, -0.1) is 0 Å². The topological polar surface area (TPSA) is 115 Å². The monoisotopic (exact) mass is 546 g/mol. The molecule has 0 saturated heterocycles. The normalized spacial score (nSPS) is 13.5. The van der Waals surface area contributed by atoms with Gasteiger partial charge in [0.2, 0.25) is 0 Å². The fourth-order valence-electron chi connectivity index (χ4n) is 2.07. The molecule has 2 atom stereocenters. The summed E-state index contributed by atoms with van der Waals surface area (Å²) < 4.78 is 0. The third-order valence-electron chi connectivity index (χ3n) is 4.85. The zero-order chi connectivity index (χ0) is 28.1. The first-order chi connectivity index (χ1) is 16.5. The molecule has 0 spiro atoms. The van der Waals surface area contributed by atoms with Gasteiger partial charge in [-0.05, 0) is 13.8 Å². The number of allylic oxidation sites excluding steroid dienone is 2. The van der Waals surface area contributed by atoms with Crippen molar-refractivity contribution < 1.29 is 51.7 Å². The maximum absolute atomic E-state index is 11.6. The number of carbonyl (C=O) groups is 2. The second-order valence-electron chi connectivity index (χ2n) is 10.5. The smallest absolute Gasteiger partial charge is 0.164 e. The van der Waals surface area contributed by atoms with Gasteiger partial charge in [0, 0.05) is 55.8 Å². The number of ketones is 2. The van der Waals surface area contributed by atoms with E-state index in [9.17, 15) is 19.8 Å². The number of hydrogen-bond acceptors (Lipinski definition) is 6. The van der Waals surface area contributed by atoms with Crippen molar-refractivity contribution in [2.45, 2.75) is 67.6 Å². The fraction of sp³-hybridized carbons (Fsp3) is 0.400. The Hall–Kier alpha value is -2.51. The molecule has 0 fully saturated rings. The number of benzene rings is 2. The molecule has 6 nitrogen and oxygen atoms in total. The summed E-state index contributed by atoms with van der Waals surface area (Å²) in [7, 11) is 0. The van der Waals surface area contributed by atoms with E-state index in [1.165, 1.54) is 12.2 Å². The minimum absolute atomic E-state index is 0. The summed E-state index contributed by atoms with van der Waals surface area (Å²) in [5.41, 5.74) is 0.413. The van der Waals surface area contributed by atoms with E-state index in [2.05, 4.69) is 0 Å². The minimum atomic E-state index is -0.593. The van der Waals surface area contributed by atoms with E-state index in [1.807, 2.05) is 77.9 Å². The summed E-state index contributed by atoms with van der Waals surface area (Å²) in [5.74, 6) is -0.112. The van der Waals surface area contributed by atoms with Gasteiger partial charge in [-0.3, -0.25) is 9.59 Å². The van der Waals surface area contributed by atoms with Gasteiger partial charge >= 0.3 is 0 Å². The summed E-state index contributed by atoms with van der Waals surface area (Å²) in [5, 5.41) is 36.1. The zero-order valence-electron chi connectivity index (χ0n) is 23.2. The van der Waals surface area contributed by atoms with Crippen molar-refractivity contribution in [1.82, 2.24) is 0 Å². The summed E-state index contributed by atoms with van der Waals surface area (Å²) in [6, 6.07) is 18.1. The van der Waals surface area contributed by atoms with Crippen molar-refractivity contribution in [3.63, 3.8) is 0 Å². The third kappa shape index (κ3) is 16.1. The summed E-state index contributed by atoms with van der Waals surface area (Å²) in [6.07, 6.45) is 1.39. The Morgan fingerprint density at radius 3 is 1.05 bits per heavy atom. The average molecular weight is 547 g/mol. The van der Waals surface area contributed by atoms with E-state index in [0.717, 1.165) is 0 Å². The maximum Gasteiger partial charge on any atom is 0.164 e. The number of hydrogen-bond donors (Lipinski definition) is 4. The van der Waals surface area contributed by atoms with Crippen molar-refractivity contribution in [3.05, 3.63) is 83.9 Å². The van der Waals surface area contributed by atoms with Crippen molar-refractivity contribution in [2.75, 3.05) is 0 Å². The number of carbonyl (C=O) groups excluding carboxylic acids is 2. The van der Waals surface area contributed by atoms with E-state index in [4.69, 9.17) is 10.2 Å². The van der Waals surface area contributed by atoms with Crippen LogP contribution in [0.3, 0.4) is 0 Å². The first-order valence-corrected chi connectivity index (χ1v) is 11.8. The molecular weight excluding hydrogens is 504 g/mol. The molecule has 0 radical (unpaired) electrons.